The Labute approximate surface area is 177 Å². The summed E-state index contributed by atoms with van der Waals surface area (Å²) in [5.41, 5.74) is 3.59. The second kappa shape index (κ2) is 9.00. The first-order valence-electron chi connectivity index (χ1n) is 9.78. The van der Waals surface area contributed by atoms with Crippen molar-refractivity contribution in [2.24, 2.45) is 0 Å². The molecule has 158 valence electrons. The van der Waals surface area contributed by atoms with Gasteiger partial charge in [-0.1, -0.05) is 5.21 Å². The first-order chi connectivity index (χ1) is 13.6. The van der Waals surface area contributed by atoms with E-state index in [1.165, 1.54) is 5.56 Å². The molecule has 3 heterocycles. The highest BCUT2D eigenvalue weighted by molar-refractivity contribution is 5.93. The van der Waals surface area contributed by atoms with E-state index in [0.717, 1.165) is 49.4 Å². The zero-order valence-electron chi connectivity index (χ0n) is 17.1. The van der Waals surface area contributed by atoms with Crippen LogP contribution in [-0.4, -0.2) is 59.7 Å². The summed E-state index contributed by atoms with van der Waals surface area (Å²) in [6, 6.07) is 4.29. The molecule has 1 saturated heterocycles. The Kier molecular flexibility index (Phi) is 6.64. The predicted molar refractivity (Wildman–Crippen MR) is 111 cm³/mol. The number of rotatable bonds is 4. The smallest absolute Gasteiger partial charge is 0.276 e. The van der Waals surface area contributed by atoms with Crippen LogP contribution in [0.2, 0.25) is 0 Å². The highest BCUT2D eigenvalue weighted by atomic mass is 35.5. The summed E-state index contributed by atoms with van der Waals surface area (Å²) in [5.74, 6) is 1.35. The van der Waals surface area contributed by atoms with Gasteiger partial charge in [-0.2, -0.15) is 0 Å². The van der Waals surface area contributed by atoms with Crippen molar-refractivity contribution in [3.05, 3.63) is 34.6 Å². The lowest BCUT2D eigenvalue weighted by atomic mass is 9.98. The third-order valence-corrected chi connectivity index (χ3v) is 5.79. The minimum absolute atomic E-state index is 0. The van der Waals surface area contributed by atoms with Crippen LogP contribution in [0, 0.1) is 6.92 Å². The van der Waals surface area contributed by atoms with E-state index in [1.54, 1.807) is 14.2 Å². The maximum absolute atomic E-state index is 13.1. The molecule has 0 aliphatic carbocycles. The lowest BCUT2D eigenvalue weighted by Crippen LogP contribution is -2.36. The van der Waals surface area contributed by atoms with E-state index in [-0.39, 0.29) is 18.3 Å². The summed E-state index contributed by atoms with van der Waals surface area (Å²) >= 11 is 0. The molecular weight excluding hydrogens is 394 g/mol. The Hall–Kier alpha value is -2.32. The summed E-state index contributed by atoms with van der Waals surface area (Å²) in [5, 5.41) is 11.9. The van der Waals surface area contributed by atoms with Gasteiger partial charge >= 0.3 is 0 Å². The standard InChI is InChI=1S/C20H27N5O3.ClH/c1-13-19(22-23-25(13)16-4-7-21-8-5-16)20(26)24-9-6-14-10-17(27-2)18(28-3)11-15(14)12-24;/h10-11,16,21H,4-9,12H2,1-3H3;1H. The Morgan fingerprint density at radius 1 is 1.14 bits per heavy atom. The highest BCUT2D eigenvalue weighted by Crippen LogP contribution is 2.33. The van der Waals surface area contributed by atoms with Crippen molar-refractivity contribution in [1.29, 1.82) is 0 Å². The number of ether oxygens (including phenoxy) is 2. The summed E-state index contributed by atoms with van der Waals surface area (Å²) < 4.78 is 12.7. The van der Waals surface area contributed by atoms with Gasteiger partial charge in [0.1, 0.15) is 0 Å². The van der Waals surface area contributed by atoms with Crippen molar-refractivity contribution in [2.45, 2.75) is 38.8 Å². The quantitative estimate of drug-likeness (QED) is 0.814. The van der Waals surface area contributed by atoms with Gasteiger partial charge in [-0.25, -0.2) is 4.68 Å². The number of aromatic nitrogens is 3. The molecular formula is C20H28ClN5O3. The fourth-order valence-electron chi connectivity index (χ4n) is 4.14. The summed E-state index contributed by atoms with van der Waals surface area (Å²) in [7, 11) is 3.26. The van der Waals surface area contributed by atoms with Gasteiger partial charge in [0.2, 0.25) is 0 Å². The SMILES string of the molecule is COc1cc2c(cc1OC)CN(C(=O)c1nnn(C3CCNCC3)c1C)CC2.Cl. The minimum atomic E-state index is -0.0573. The van der Waals surface area contributed by atoms with Gasteiger partial charge in [0.15, 0.2) is 17.2 Å². The molecule has 0 radical (unpaired) electrons. The molecule has 29 heavy (non-hydrogen) atoms. The molecule has 1 fully saturated rings. The number of hydrogen-bond acceptors (Lipinski definition) is 6. The van der Waals surface area contributed by atoms with Gasteiger partial charge in [-0.3, -0.25) is 4.79 Å². The molecule has 2 aliphatic heterocycles. The average molecular weight is 422 g/mol. The van der Waals surface area contributed by atoms with E-state index in [4.69, 9.17) is 9.47 Å². The third-order valence-electron chi connectivity index (χ3n) is 5.79. The fourth-order valence-corrected chi connectivity index (χ4v) is 4.14. The predicted octanol–water partition coefficient (Wildman–Crippen LogP) is 2.15. The van der Waals surface area contributed by atoms with Crippen LogP contribution in [0.1, 0.15) is 46.2 Å². The Bertz CT molecular complexity index is 879. The molecule has 8 nitrogen and oxygen atoms in total. The van der Waals surface area contributed by atoms with E-state index < -0.39 is 0 Å². The van der Waals surface area contributed by atoms with Crippen LogP contribution in [0.3, 0.4) is 0 Å². The second-order valence-corrected chi connectivity index (χ2v) is 7.40. The number of methoxy groups -OCH3 is 2. The van der Waals surface area contributed by atoms with E-state index in [1.807, 2.05) is 28.6 Å². The number of fused-ring (bicyclic) bond motifs is 1. The van der Waals surface area contributed by atoms with Crippen LogP contribution in [0.25, 0.3) is 0 Å². The zero-order valence-corrected chi connectivity index (χ0v) is 17.9. The number of piperidine rings is 1. The van der Waals surface area contributed by atoms with Crippen molar-refractivity contribution < 1.29 is 14.3 Å². The Morgan fingerprint density at radius 3 is 2.45 bits per heavy atom. The molecule has 0 unspecified atom stereocenters. The van der Waals surface area contributed by atoms with Gasteiger partial charge in [-0.15, -0.1) is 17.5 Å². The number of carbonyl (C=O) groups is 1. The number of benzene rings is 1. The summed E-state index contributed by atoms with van der Waals surface area (Å²) in [6.45, 7) is 5.08. The lowest BCUT2D eigenvalue weighted by molar-refractivity contribution is 0.0727. The van der Waals surface area contributed by atoms with Crippen LogP contribution in [0.5, 0.6) is 11.5 Å². The Balaban J connectivity index is 0.00000240. The topological polar surface area (TPSA) is 81.5 Å². The van der Waals surface area contributed by atoms with Gasteiger partial charge < -0.3 is 19.7 Å². The zero-order chi connectivity index (χ0) is 19.7. The minimum Gasteiger partial charge on any atom is -0.493 e. The van der Waals surface area contributed by atoms with Crippen LogP contribution in [-0.2, 0) is 13.0 Å². The van der Waals surface area contributed by atoms with Gasteiger partial charge in [0.25, 0.3) is 5.91 Å². The normalized spacial score (nSPS) is 16.7. The molecule has 9 heteroatoms. The van der Waals surface area contributed by atoms with Crippen LogP contribution >= 0.6 is 12.4 Å². The largest absolute Gasteiger partial charge is 0.493 e. The molecule has 1 amide bonds. The average Bonchev–Trinajstić information content (AvgIpc) is 3.13. The molecule has 1 N–H and O–H groups in total. The van der Waals surface area contributed by atoms with Gasteiger partial charge in [0.05, 0.1) is 26.0 Å². The summed E-state index contributed by atoms with van der Waals surface area (Å²) in [6.07, 6.45) is 2.80. The molecule has 0 spiro atoms. The summed E-state index contributed by atoms with van der Waals surface area (Å²) in [4.78, 5) is 15.0. The number of nitrogens with zero attached hydrogens (tertiary/aromatic N) is 4. The van der Waals surface area contributed by atoms with Crippen LogP contribution in [0.15, 0.2) is 12.1 Å². The maximum atomic E-state index is 13.1. The number of halogens is 1. The number of amides is 1. The van der Waals surface area contributed by atoms with Crippen LogP contribution < -0.4 is 14.8 Å². The van der Waals surface area contributed by atoms with E-state index >= 15 is 0 Å². The van der Waals surface area contributed by atoms with Crippen molar-refractivity contribution in [2.75, 3.05) is 33.9 Å². The first-order valence-corrected chi connectivity index (χ1v) is 9.78. The van der Waals surface area contributed by atoms with Crippen LogP contribution in [0.4, 0.5) is 0 Å². The number of hydrogen-bond donors (Lipinski definition) is 1. The van der Waals surface area contributed by atoms with E-state index in [0.29, 0.717) is 30.6 Å². The number of carbonyl (C=O) groups excluding carboxylic acids is 1. The van der Waals surface area contributed by atoms with Crippen molar-refractivity contribution in [3.8, 4) is 11.5 Å². The fraction of sp³-hybridized carbons (Fsp3) is 0.550. The maximum Gasteiger partial charge on any atom is 0.276 e. The molecule has 1 aromatic carbocycles. The molecule has 1 aromatic heterocycles. The van der Waals surface area contributed by atoms with Gasteiger partial charge in [0, 0.05) is 13.1 Å². The molecule has 2 aromatic rings. The highest BCUT2D eigenvalue weighted by Gasteiger charge is 2.28. The Morgan fingerprint density at radius 2 is 1.79 bits per heavy atom. The molecule has 0 saturated carbocycles. The molecule has 0 atom stereocenters. The van der Waals surface area contributed by atoms with Gasteiger partial charge in [-0.05, 0) is 62.5 Å². The molecule has 0 bridgehead atoms. The first kappa shape index (κ1) is 21.4. The molecule has 2 aliphatic rings. The monoisotopic (exact) mass is 421 g/mol. The van der Waals surface area contributed by atoms with E-state index in [2.05, 4.69) is 15.6 Å². The second-order valence-electron chi connectivity index (χ2n) is 7.40. The number of nitrogens with one attached hydrogen (secondary N) is 1. The molecule has 4 rings (SSSR count). The van der Waals surface area contributed by atoms with E-state index in [9.17, 15) is 4.79 Å². The van der Waals surface area contributed by atoms with Crippen molar-refractivity contribution >= 4 is 18.3 Å². The van der Waals surface area contributed by atoms with Crippen molar-refractivity contribution in [1.82, 2.24) is 25.2 Å². The lowest BCUT2D eigenvalue weighted by Gasteiger charge is -2.29. The van der Waals surface area contributed by atoms with Crippen molar-refractivity contribution in [3.63, 3.8) is 0 Å². The third kappa shape index (κ3) is 4.04.